The molecule has 0 heterocycles. The summed E-state index contributed by atoms with van der Waals surface area (Å²) in [4.78, 5) is 12.9. The van der Waals surface area contributed by atoms with Crippen molar-refractivity contribution in [2.45, 2.75) is 17.6 Å². The number of carbonyl (C=O) groups is 1. The van der Waals surface area contributed by atoms with E-state index in [-0.39, 0.29) is 11.4 Å². The van der Waals surface area contributed by atoms with Gasteiger partial charge in [0.05, 0.1) is 17.7 Å². The second-order valence-electron chi connectivity index (χ2n) is 7.49. The molecule has 9 heteroatoms. The van der Waals surface area contributed by atoms with Crippen LogP contribution in [0.3, 0.4) is 0 Å². The van der Waals surface area contributed by atoms with Gasteiger partial charge in [-0.05, 0) is 42.8 Å². The third kappa shape index (κ3) is 6.68. The van der Waals surface area contributed by atoms with Crippen molar-refractivity contribution in [1.82, 2.24) is 5.32 Å². The Balaban J connectivity index is 1.69. The molecular weight excluding hydrogens is 492 g/mol. The van der Waals surface area contributed by atoms with Gasteiger partial charge in [-0.15, -0.1) is 0 Å². The largest absolute Gasteiger partial charge is 0.495 e. The molecule has 0 saturated carbocycles. The van der Waals surface area contributed by atoms with Crippen LogP contribution in [0, 0.1) is 6.92 Å². The third-order valence-electron chi connectivity index (χ3n) is 5.03. The second kappa shape index (κ2) is 12.1. The average molecular weight is 519 g/mol. The lowest BCUT2D eigenvalue weighted by Gasteiger charge is -2.25. The number of aryl methyl sites for hydroxylation is 1. The van der Waals surface area contributed by atoms with Gasteiger partial charge in [-0.25, -0.2) is 8.42 Å². The number of rotatable bonds is 11. The fourth-order valence-corrected chi connectivity index (χ4v) is 5.80. The van der Waals surface area contributed by atoms with E-state index in [1.807, 2.05) is 31.2 Å². The summed E-state index contributed by atoms with van der Waals surface area (Å²) in [5.74, 6) is 1.35. The molecule has 6 nitrogen and oxygen atoms in total. The maximum Gasteiger partial charge on any atom is 0.264 e. The molecule has 0 aliphatic heterocycles. The summed E-state index contributed by atoms with van der Waals surface area (Å²) in [7, 11) is -2.54. The highest BCUT2D eigenvalue weighted by molar-refractivity contribution is 7.98. The van der Waals surface area contributed by atoms with Crippen LogP contribution in [0.25, 0.3) is 0 Å². The predicted octanol–water partition coefficient (Wildman–Crippen LogP) is 4.90. The minimum atomic E-state index is -4.00. The first-order valence-electron chi connectivity index (χ1n) is 10.6. The number of nitrogens with zero attached hydrogens (tertiary/aromatic N) is 1. The number of hydrogen-bond acceptors (Lipinski definition) is 5. The summed E-state index contributed by atoms with van der Waals surface area (Å²) in [6.45, 7) is 1.91. The standard InChI is InChI=1S/C25H27ClN2O4S2/c1-19-11-13-21(14-12-19)34(30,31)28(23-9-5-6-10-24(23)32-2)17-25(29)27-15-16-33-18-20-7-3-4-8-22(20)26/h3-14H,15-18H2,1-2H3,(H,27,29). The van der Waals surface area contributed by atoms with E-state index in [1.54, 1.807) is 48.2 Å². The maximum absolute atomic E-state index is 13.5. The molecular formula is C25H27ClN2O4S2. The summed E-state index contributed by atoms with van der Waals surface area (Å²) in [6.07, 6.45) is 0. The summed E-state index contributed by atoms with van der Waals surface area (Å²) >= 11 is 7.81. The van der Waals surface area contributed by atoms with E-state index in [4.69, 9.17) is 16.3 Å². The molecule has 0 spiro atoms. The zero-order valence-electron chi connectivity index (χ0n) is 19.0. The van der Waals surface area contributed by atoms with Crippen LogP contribution in [0.4, 0.5) is 5.69 Å². The van der Waals surface area contributed by atoms with Crippen molar-refractivity contribution in [2.75, 3.05) is 30.3 Å². The van der Waals surface area contributed by atoms with Gasteiger partial charge in [0, 0.05) is 23.1 Å². The SMILES string of the molecule is COc1ccccc1N(CC(=O)NCCSCc1ccccc1Cl)S(=O)(=O)c1ccc(C)cc1. The number of sulfonamides is 1. The highest BCUT2D eigenvalue weighted by Crippen LogP contribution is 2.32. The van der Waals surface area contributed by atoms with Gasteiger partial charge in [0.25, 0.3) is 10.0 Å². The third-order valence-corrected chi connectivity index (χ3v) is 8.18. The van der Waals surface area contributed by atoms with Gasteiger partial charge < -0.3 is 10.1 Å². The second-order valence-corrected chi connectivity index (χ2v) is 10.9. The smallest absolute Gasteiger partial charge is 0.264 e. The van der Waals surface area contributed by atoms with Crippen LogP contribution >= 0.6 is 23.4 Å². The van der Waals surface area contributed by atoms with Gasteiger partial charge in [-0.1, -0.05) is 59.6 Å². The van der Waals surface area contributed by atoms with Crippen LogP contribution in [0.1, 0.15) is 11.1 Å². The molecule has 1 N–H and O–H groups in total. The molecule has 3 rings (SSSR count). The average Bonchev–Trinajstić information content (AvgIpc) is 2.83. The number of methoxy groups -OCH3 is 1. The van der Waals surface area contributed by atoms with Crippen molar-refractivity contribution < 1.29 is 17.9 Å². The molecule has 34 heavy (non-hydrogen) atoms. The van der Waals surface area contributed by atoms with E-state index in [0.717, 1.165) is 21.2 Å². The van der Waals surface area contributed by atoms with Gasteiger partial charge in [-0.2, -0.15) is 11.8 Å². The summed E-state index contributed by atoms with van der Waals surface area (Å²) in [5.41, 5.74) is 2.27. The molecule has 0 saturated heterocycles. The zero-order chi connectivity index (χ0) is 24.6. The molecule has 3 aromatic carbocycles. The van der Waals surface area contributed by atoms with Gasteiger partial charge >= 0.3 is 0 Å². The first kappa shape index (κ1) is 25.9. The number of nitrogens with one attached hydrogen (secondary N) is 1. The first-order valence-corrected chi connectivity index (χ1v) is 13.6. The maximum atomic E-state index is 13.5. The number of amides is 1. The monoisotopic (exact) mass is 518 g/mol. The Morgan fingerprint density at radius 3 is 2.41 bits per heavy atom. The van der Waals surface area contributed by atoms with Crippen LogP contribution in [-0.2, 0) is 20.6 Å². The minimum Gasteiger partial charge on any atom is -0.495 e. The lowest BCUT2D eigenvalue weighted by Crippen LogP contribution is -2.41. The molecule has 0 aliphatic carbocycles. The van der Waals surface area contributed by atoms with Gasteiger partial charge in [0.15, 0.2) is 0 Å². The Hall–Kier alpha value is -2.68. The molecule has 0 aromatic heterocycles. The van der Waals surface area contributed by atoms with Crippen LogP contribution in [0.2, 0.25) is 5.02 Å². The Labute approximate surface area is 210 Å². The van der Waals surface area contributed by atoms with Crippen molar-refractivity contribution in [1.29, 1.82) is 0 Å². The van der Waals surface area contributed by atoms with Crippen molar-refractivity contribution in [3.8, 4) is 5.75 Å². The number of halogens is 1. The Bertz CT molecular complexity index is 1220. The quantitative estimate of drug-likeness (QED) is 0.365. The fourth-order valence-electron chi connectivity index (χ4n) is 3.22. The number of benzene rings is 3. The molecule has 0 fully saturated rings. The summed E-state index contributed by atoms with van der Waals surface area (Å²) in [5, 5.41) is 3.53. The number of thioether (sulfide) groups is 1. The molecule has 0 aliphatic rings. The number of carbonyl (C=O) groups excluding carboxylic acids is 1. The predicted molar refractivity (Wildman–Crippen MR) is 139 cm³/mol. The van der Waals surface area contributed by atoms with E-state index in [0.29, 0.717) is 28.8 Å². The lowest BCUT2D eigenvalue weighted by atomic mass is 10.2. The number of hydrogen-bond donors (Lipinski definition) is 1. The molecule has 0 unspecified atom stereocenters. The summed E-state index contributed by atoms with van der Waals surface area (Å²) < 4.78 is 33.4. The van der Waals surface area contributed by atoms with E-state index in [9.17, 15) is 13.2 Å². The van der Waals surface area contributed by atoms with E-state index in [2.05, 4.69) is 5.32 Å². The van der Waals surface area contributed by atoms with Crippen LogP contribution in [-0.4, -0.2) is 40.3 Å². The highest BCUT2D eigenvalue weighted by Gasteiger charge is 2.29. The molecule has 0 bridgehead atoms. The minimum absolute atomic E-state index is 0.104. The van der Waals surface area contributed by atoms with E-state index in [1.165, 1.54) is 19.2 Å². The van der Waals surface area contributed by atoms with Gasteiger partial charge in [0.2, 0.25) is 5.91 Å². The fraction of sp³-hybridized carbons (Fsp3) is 0.240. The number of anilines is 1. The lowest BCUT2D eigenvalue weighted by molar-refractivity contribution is -0.119. The van der Waals surface area contributed by atoms with Gasteiger partial charge in [-0.3, -0.25) is 9.10 Å². The van der Waals surface area contributed by atoms with E-state index < -0.39 is 15.9 Å². The molecule has 1 amide bonds. The Morgan fingerprint density at radius 2 is 1.71 bits per heavy atom. The molecule has 180 valence electrons. The Morgan fingerprint density at radius 1 is 1.03 bits per heavy atom. The van der Waals surface area contributed by atoms with Crippen molar-refractivity contribution in [2.24, 2.45) is 0 Å². The van der Waals surface area contributed by atoms with Gasteiger partial charge in [0.1, 0.15) is 12.3 Å². The Kier molecular flexibility index (Phi) is 9.27. The normalized spacial score (nSPS) is 11.1. The molecule has 3 aromatic rings. The van der Waals surface area contributed by atoms with Crippen molar-refractivity contribution in [3.63, 3.8) is 0 Å². The highest BCUT2D eigenvalue weighted by atomic mass is 35.5. The van der Waals surface area contributed by atoms with E-state index >= 15 is 0 Å². The van der Waals surface area contributed by atoms with Crippen molar-refractivity contribution >= 4 is 45.0 Å². The van der Waals surface area contributed by atoms with Crippen LogP contribution in [0.5, 0.6) is 5.75 Å². The van der Waals surface area contributed by atoms with Crippen LogP contribution < -0.4 is 14.4 Å². The zero-order valence-corrected chi connectivity index (χ0v) is 21.4. The number of para-hydroxylation sites is 2. The van der Waals surface area contributed by atoms with Crippen LogP contribution in [0.15, 0.2) is 77.7 Å². The van der Waals surface area contributed by atoms with Crippen molar-refractivity contribution in [3.05, 3.63) is 88.9 Å². The summed E-state index contributed by atoms with van der Waals surface area (Å²) in [6, 6.07) is 20.9. The topological polar surface area (TPSA) is 75.7 Å². The molecule has 0 atom stereocenters. The first-order chi connectivity index (χ1) is 16.3. The molecule has 0 radical (unpaired) electrons. The number of ether oxygens (including phenoxy) is 1.